The summed E-state index contributed by atoms with van der Waals surface area (Å²) in [5.41, 5.74) is 0. The van der Waals surface area contributed by atoms with Crippen LogP contribution < -0.4 is 0 Å². The lowest BCUT2D eigenvalue weighted by Gasteiger charge is -2.30. The molecular weight excluding hydrogens is 234 g/mol. The highest BCUT2D eigenvalue weighted by molar-refractivity contribution is 5.81. The topological polar surface area (TPSA) is 46.5 Å². The molecule has 1 N–H and O–H groups in total. The summed E-state index contributed by atoms with van der Waals surface area (Å²) < 4.78 is 73.8. The molecule has 0 fully saturated rings. The van der Waals surface area contributed by atoms with Crippen LogP contribution in [0.4, 0.5) is 26.3 Å². The highest BCUT2D eigenvalue weighted by atomic mass is 19.4. The smallest absolute Gasteiger partial charge is 0.413 e. The van der Waals surface area contributed by atoms with E-state index in [0.29, 0.717) is 0 Å². The number of alkyl halides is 6. The van der Waals surface area contributed by atoms with Gasteiger partial charge in [0.25, 0.3) is 0 Å². The van der Waals surface area contributed by atoms with Crippen LogP contribution in [0.3, 0.4) is 0 Å². The minimum absolute atomic E-state index is 0.0580. The number of esters is 1. The molecule has 0 aliphatic carbocycles. The number of rotatable bonds is 2. The molecule has 0 aliphatic rings. The minimum atomic E-state index is -6.19. The molecule has 0 saturated heterocycles. The van der Waals surface area contributed by atoms with Crippen LogP contribution in [-0.4, -0.2) is 29.2 Å². The molecule has 0 aromatic rings. The van der Waals surface area contributed by atoms with E-state index in [0.717, 1.165) is 0 Å². The molecule has 9 heteroatoms. The Morgan fingerprint density at radius 1 is 1.13 bits per heavy atom. The van der Waals surface area contributed by atoms with E-state index in [4.69, 9.17) is 5.11 Å². The molecule has 0 saturated carbocycles. The van der Waals surface area contributed by atoms with Crippen molar-refractivity contribution in [3.8, 4) is 0 Å². The van der Waals surface area contributed by atoms with Gasteiger partial charge in [-0.15, -0.1) is 0 Å². The van der Waals surface area contributed by atoms with E-state index in [2.05, 4.69) is 11.3 Å². The highest BCUT2D eigenvalue weighted by Crippen LogP contribution is 2.43. The second-order valence-electron chi connectivity index (χ2n) is 2.26. The Morgan fingerprint density at radius 2 is 1.47 bits per heavy atom. The van der Waals surface area contributed by atoms with Gasteiger partial charge in [-0.3, -0.25) is 0 Å². The van der Waals surface area contributed by atoms with Crippen LogP contribution in [-0.2, 0) is 9.53 Å². The van der Waals surface area contributed by atoms with Crippen LogP contribution in [0.25, 0.3) is 0 Å². The summed E-state index contributed by atoms with van der Waals surface area (Å²) in [5.74, 6) is -7.57. The molecule has 3 nitrogen and oxygen atoms in total. The van der Waals surface area contributed by atoms with Crippen molar-refractivity contribution >= 4 is 5.97 Å². The largest absolute Gasteiger partial charge is 0.465 e. The van der Waals surface area contributed by atoms with Gasteiger partial charge in [0, 0.05) is 6.08 Å². The molecule has 0 spiro atoms. The second-order valence-corrected chi connectivity index (χ2v) is 2.26. The van der Waals surface area contributed by atoms with Crippen molar-refractivity contribution in [1.29, 1.82) is 0 Å². The lowest BCUT2D eigenvalue weighted by Crippen LogP contribution is -2.59. The van der Waals surface area contributed by atoms with Gasteiger partial charge >= 0.3 is 24.1 Å². The standard InChI is InChI=1S/C6H4F6O3/c1-2-3(13)15-4(14,5(7,8)9)6(10,11)12/h2,14H,1H2. The molecular formula is C6H4F6O3. The second kappa shape index (κ2) is 3.72. The summed E-state index contributed by atoms with van der Waals surface area (Å²) in [5, 5.41) is 8.25. The zero-order valence-electron chi connectivity index (χ0n) is 6.82. The summed E-state index contributed by atoms with van der Waals surface area (Å²) in [4.78, 5) is 10.2. The van der Waals surface area contributed by atoms with Crippen molar-refractivity contribution in [2.75, 3.05) is 0 Å². The van der Waals surface area contributed by atoms with E-state index in [-0.39, 0.29) is 6.08 Å². The maximum Gasteiger partial charge on any atom is 0.465 e. The minimum Gasteiger partial charge on any atom is -0.413 e. The molecule has 15 heavy (non-hydrogen) atoms. The van der Waals surface area contributed by atoms with Crippen molar-refractivity contribution in [2.24, 2.45) is 0 Å². The first-order chi connectivity index (χ1) is 6.45. The number of hydrogen-bond donors (Lipinski definition) is 1. The van der Waals surface area contributed by atoms with Crippen molar-refractivity contribution in [1.82, 2.24) is 0 Å². The van der Waals surface area contributed by atoms with Crippen LogP contribution in [0.15, 0.2) is 12.7 Å². The van der Waals surface area contributed by atoms with Gasteiger partial charge in [-0.1, -0.05) is 6.58 Å². The molecule has 0 heterocycles. The van der Waals surface area contributed by atoms with Gasteiger partial charge in [-0.25, -0.2) is 4.79 Å². The number of hydrogen-bond acceptors (Lipinski definition) is 3. The quantitative estimate of drug-likeness (QED) is 0.343. The van der Waals surface area contributed by atoms with Gasteiger partial charge in [-0.2, -0.15) is 26.3 Å². The number of halogens is 6. The first kappa shape index (κ1) is 13.8. The van der Waals surface area contributed by atoms with Crippen molar-refractivity contribution < 1.29 is 41.0 Å². The lowest BCUT2D eigenvalue weighted by atomic mass is 10.2. The van der Waals surface area contributed by atoms with E-state index >= 15 is 0 Å². The van der Waals surface area contributed by atoms with E-state index in [1.807, 2.05) is 0 Å². The summed E-state index contributed by atoms with van der Waals surface area (Å²) >= 11 is 0. The Bertz CT molecular complexity index is 251. The molecule has 0 aromatic heterocycles. The average molecular weight is 238 g/mol. The van der Waals surface area contributed by atoms with Crippen LogP contribution in [0.1, 0.15) is 0 Å². The number of carbonyl (C=O) groups excluding carboxylic acids is 1. The summed E-state index contributed by atoms with van der Waals surface area (Å²) in [6.07, 6.45) is -12.3. The lowest BCUT2D eigenvalue weighted by molar-refractivity contribution is -0.443. The Labute approximate surface area is 78.9 Å². The molecule has 0 rings (SSSR count). The van der Waals surface area contributed by atoms with Crippen molar-refractivity contribution in [3.05, 3.63) is 12.7 Å². The predicted molar refractivity (Wildman–Crippen MR) is 33.3 cm³/mol. The molecule has 88 valence electrons. The highest BCUT2D eigenvalue weighted by Gasteiger charge is 2.74. The molecule has 0 amide bonds. The van der Waals surface area contributed by atoms with Gasteiger partial charge < -0.3 is 9.84 Å². The molecule has 0 radical (unpaired) electrons. The van der Waals surface area contributed by atoms with E-state index in [9.17, 15) is 31.1 Å². The predicted octanol–water partition coefficient (Wildman–Crippen LogP) is 1.53. The first-order valence-corrected chi connectivity index (χ1v) is 3.17. The molecule has 0 unspecified atom stereocenters. The fourth-order valence-electron chi connectivity index (χ4n) is 0.464. The van der Waals surface area contributed by atoms with Gasteiger partial charge in [0.2, 0.25) is 0 Å². The average Bonchev–Trinajstić information content (AvgIpc) is 1.99. The number of aliphatic hydroxyl groups is 1. The van der Waals surface area contributed by atoms with Gasteiger partial charge in [0.05, 0.1) is 0 Å². The first-order valence-electron chi connectivity index (χ1n) is 3.17. The Hall–Kier alpha value is -1.25. The fourth-order valence-corrected chi connectivity index (χ4v) is 0.464. The van der Waals surface area contributed by atoms with Crippen molar-refractivity contribution in [3.63, 3.8) is 0 Å². The number of carbonyl (C=O) groups is 1. The van der Waals surface area contributed by atoms with Gasteiger partial charge in [0.15, 0.2) is 0 Å². The maximum atomic E-state index is 11.8. The SMILES string of the molecule is C=CC(=O)OC(O)(C(F)(F)F)C(F)(F)F. The van der Waals surface area contributed by atoms with Gasteiger partial charge in [0.1, 0.15) is 0 Å². The summed E-state index contributed by atoms with van der Waals surface area (Å²) in [6, 6.07) is 0. The van der Waals surface area contributed by atoms with E-state index < -0.39 is 24.1 Å². The molecule has 0 atom stereocenters. The molecule has 0 bridgehead atoms. The monoisotopic (exact) mass is 238 g/mol. The van der Waals surface area contributed by atoms with Crippen LogP contribution in [0.5, 0.6) is 0 Å². The van der Waals surface area contributed by atoms with Gasteiger partial charge in [-0.05, 0) is 0 Å². The Balaban J connectivity index is 5.24. The Morgan fingerprint density at radius 3 is 1.67 bits per heavy atom. The zero-order valence-corrected chi connectivity index (χ0v) is 6.82. The normalized spacial score (nSPS) is 13.5. The third kappa shape index (κ3) is 2.61. The summed E-state index contributed by atoms with van der Waals surface area (Å²) in [7, 11) is 0. The third-order valence-electron chi connectivity index (χ3n) is 1.18. The fraction of sp³-hybridized carbons (Fsp3) is 0.500. The van der Waals surface area contributed by atoms with Crippen LogP contribution in [0, 0.1) is 0 Å². The maximum absolute atomic E-state index is 11.8. The summed E-state index contributed by atoms with van der Waals surface area (Å²) in [6.45, 7) is 2.59. The van der Waals surface area contributed by atoms with E-state index in [1.165, 1.54) is 0 Å². The van der Waals surface area contributed by atoms with Crippen LogP contribution in [0.2, 0.25) is 0 Å². The van der Waals surface area contributed by atoms with Crippen molar-refractivity contribution in [2.45, 2.75) is 18.1 Å². The molecule has 0 aromatic carbocycles. The van der Waals surface area contributed by atoms with Crippen LogP contribution >= 0.6 is 0 Å². The zero-order chi connectivity index (χ0) is 12.5. The molecule has 0 aliphatic heterocycles. The number of ether oxygens (including phenoxy) is 1. The van der Waals surface area contributed by atoms with E-state index in [1.54, 1.807) is 0 Å². The third-order valence-corrected chi connectivity index (χ3v) is 1.18. The Kier molecular flexibility index (Phi) is 3.41.